The van der Waals surface area contributed by atoms with Crippen molar-refractivity contribution in [3.8, 4) is 0 Å². The van der Waals surface area contributed by atoms with E-state index in [9.17, 15) is 0 Å². The Labute approximate surface area is 125 Å². The Morgan fingerprint density at radius 1 is 1.45 bits per heavy atom. The number of thioether (sulfide) groups is 1. The van der Waals surface area contributed by atoms with Gasteiger partial charge in [0, 0.05) is 25.1 Å². The van der Waals surface area contributed by atoms with Crippen LogP contribution in [0.2, 0.25) is 0 Å². The van der Waals surface area contributed by atoms with Gasteiger partial charge in [0.2, 0.25) is 0 Å². The molecule has 1 aliphatic carbocycles. The van der Waals surface area contributed by atoms with E-state index in [1.807, 2.05) is 18.9 Å². The first-order chi connectivity index (χ1) is 9.81. The summed E-state index contributed by atoms with van der Waals surface area (Å²) < 4.78 is 5.83. The van der Waals surface area contributed by atoms with E-state index in [0.29, 0.717) is 12.0 Å². The van der Waals surface area contributed by atoms with Crippen LogP contribution in [-0.4, -0.2) is 43.8 Å². The van der Waals surface area contributed by atoms with Gasteiger partial charge in [-0.15, -0.1) is 0 Å². The van der Waals surface area contributed by atoms with Crippen LogP contribution in [-0.2, 0) is 4.74 Å². The Morgan fingerprint density at radius 2 is 2.35 bits per heavy atom. The molecule has 3 nitrogen and oxygen atoms in total. The van der Waals surface area contributed by atoms with Gasteiger partial charge in [-0.05, 0) is 41.9 Å². The van der Waals surface area contributed by atoms with Gasteiger partial charge in [-0.3, -0.25) is 0 Å². The predicted molar refractivity (Wildman–Crippen MR) is 83.3 cm³/mol. The number of nitrogens with zero attached hydrogens (tertiary/aromatic N) is 1. The van der Waals surface area contributed by atoms with Crippen molar-refractivity contribution >= 4 is 11.8 Å². The molecular weight excluding hydrogens is 268 g/mol. The van der Waals surface area contributed by atoms with Crippen molar-refractivity contribution in [1.82, 2.24) is 10.2 Å². The van der Waals surface area contributed by atoms with Crippen molar-refractivity contribution in [3.63, 3.8) is 0 Å². The Hall–Kier alpha value is -0.710. The monoisotopic (exact) mass is 290 g/mol. The van der Waals surface area contributed by atoms with Gasteiger partial charge >= 0.3 is 0 Å². The maximum Gasteiger partial charge on any atom is 0.0932 e. The number of hydrogen-bond acceptors (Lipinski definition) is 4. The highest BCUT2D eigenvalue weighted by molar-refractivity contribution is 8.05. The van der Waals surface area contributed by atoms with Gasteiger partial charge in [0.1, 0.15) is 0 Å². The van der Waals surface area contributed by atoms with Crippen LogP contribution in [0, 0.1) is 5.92 Å². The predicted octanol–water partition coefficient (Wildman–Crippen LogP) is 2.49. The fourth-order valence-electron chi connectivity index (χ4n) is 4.19. The minimum Gasteiger partial charge on any atom is -0.376 e. The third-order valence-corrected chi connectivity index (χ3v) is 6.04. The van der Waals surface area contributed by atoms with Crippen LogP contribution in [0.15, 0.2) is 33.2 Å². The van der Waals surface area contributed by atoms with Crippen LogP contribution in [0.25, 0.3) is 0 Å². The molecule has 0 radical (unpaired) electrons. The van der Waals surface area contributed by atoms with E-state index >= 15 is 0 Å². The molecule has 20 heavy (non-hydrogen) atoms. The average molecular weight is 290 g/mol. The summed E-state index contributed by atoms with van der Waals surface area (Å²) in [5.41, 5.74) is 4.78. The number of ether oxygens (including phenoxy) is 1. The van der Waals surface area contributed by atoms with Crippen molar-refractivity contribution in [2.75, 3.05) is 26.7 Å². The third-order valence-electron chi connectivity index (χ3n) is 5.03. The zero-order chi connectivity index (χ0) is 13.7. The lowest BCUT2D eigenvalue weighted by Gasteiger charge is -2.35. The molecule has 0 spiro atoms. The SMILES string of the molecule is COC1C2=C3C(=C4CNCCC4N3CC=CS2)CC1C. The first-order valence-corrected chi connectivity index (χ1v) is 8.47. The van der Waals surface area contributed by atoms with Crippen LogP contribution in [0.3, 0.4) is 0 Å². The first-order valence-electron chi connectivity index (χ1n) is 7.59. The van der Waals surface area contributed by atoms with Crippen molar-refractivity contribution < 1.29 is 4.74 Å². The highest BCUT2D eigenvalue weighted by atomic mass is 32.2. The van der Waals surface area contributed by atoms with E-state index in [-0.39, 0.29) is 6.10 Å². The minimum atomic E-state index is 0.262. The fourth-order valence-corrected chi connectivity index (χ4v) is 5.33. The first kappa shape index (κ1) is 13.0. The molecule has 0 saturated carbocycles. The second-order valence-electron chi connectivity index (χ2n) is 6.18. The molecule has 4 heteroatoms. The molecular formula is C16H22N2OS. The maximum atomic E-state index is 5.83. The smallest absolute Gasteiger partial charge is 0.0932 e. The number of methoxy groups -OCH3 is 1. The molecule has 1 saturated heterocycles. The van der Waals surface area contributed by atoms with Crippen molar-refractivity contribution in [3.05, 3.63) is 33.2 Å². The van der Waals surface area contributed by atoms with E-state index in [1.54, 1.807) is 11.1 Å². The molecule has 3 aliphatic heterocycles. The number of hydrogen-bond donors (Lipinski definition) is 1. The van der Waals surface area contributed by atoms with Gasteiger partial charge in [-0.2, -0.15) is 0 Å². The lowest BCUT2D eigenvalue weighted by atomic mass is 9.85. The summed E-state index contributed by atoms with van der Waals surface area (Å²) in [7, 11) is 1.86. The van der Waals surface area contributed by atoms with Gasteiger partial charge < -0.3 is 15.0 Å². The molecule has 0 amide bonds. The van der Waals surface area contributed by atoms with Gasteiger partial charge in [-0.25, -0.2) is 0 Å². The summed E-state index contributed by atoms with van der Waals surface area (Å²) in [6.45, 7) is 5.59. The summed E-state index contributed by atoms with van der Waals surface area (Å²) in [5, 5.41) is 5.81. The summed E-state index contributed by atoms with van der Waals surface area (Å²) in [6, 6.07) is 0.627. The minimum absolute atomic E-state index is 0.262. The number of allylic oxidation sites excluding steroid dienone is 1. The highest BCUT2D eigenvalue weighted by Crippen LogP contribution is 2.50. The molecule has 0 aromatic heterocycles. The topological polar surface area (TPSA) is 24.5 Å². The molecule has 0 aromatic carbocycles. The van der Waals surface area contributed by atoms with Crippen LogP contribution in [0.5, 0.6) is 0 Å². The molecule has 0 aromatic rings. The maximum absolute atomic E-state index is 5.83. The quantitative estimate of drug-likeness (QED) is 0.802. The molecule has 3 heterocycles. The molecule has 4 rings (SSSR count). The van der Waals surface area contributed by atoms with E-state index in [2.05, 4.69) is 28.6 Å². The van der Waals surface area contributed by atoms with Gasteiger partial charge in [0.05, 0.1) is 17.8 Å². The zero-order valence-electron chi connectivity index (χ0n) is 12.2. The highest BCUT2D eigenvalue weighted by Gasteiger charge is 2.44. The lowest BCUT2D eigenvalue weighted by molar-refractivity contribution is 0.0871. The average Bonchev–Trinajstić information content (AvgIpc) is 2.63. The Balaban J connectivity index is 1.88. The number of piperidine rings is 1. The van der Waals surface area contributed by atoms with Crippen LogP contribution >= 0.6 is 11.8 Å². The summed E-state index contributed by atoms with van der Waals surface area (Å²) in [4.78, 5) is 4.08. The largest absolute Gasteiger partial charge is 0.376 e. The number of fused-ring (bicyclic) bond motifs is 2. The van der Waals surface area contributed by atoms with E-state index < -0.39 is 0 Å². The summed E-state index contributed by atoms with van der Waals surface area (Å²) >= 11 is 1.88. The molecule has 108 valence electrons. The Kier molecular flexibility index (Phi) is 3.20. The molecule has 1 N–H and O–H groups in total. The van der Waals surface area contributed by atoms with Crippen LogP contribution < -0.4 is 5.32 Å². The molecule has 0 bridgehead atoms. The second kappa shape index (κ2) is 4.93. The van der Waals surface area contributed by atoms with Crippen LogP contribution in [0.1, 0.15) is 19.8 Å². The van der Waals surface area contributed by atoms with E-state index in [1.165, 1.54) is 23.4 Å². The Morgan fingerprint density at radius 3 is 3.20 bits per heavy atom. The van der Waals surface area contributed by atoms with Gasteiger partial charge in [-0.1, -0.05) is 24.8 Å². The lowest BCUT2D eigenvalue weighted by Crippen LogP contribution is -2.40. The molecule has 3 atom stereocenters. The Bertz CT molecular complexity index is 523. The third kappa shape index (κ3) is 1.74. The number of nitrogens with one attached hydrogen (secondary N) is 1. The fraction of sp³-hybridized carbons (Fsp3) is 0.625. The zero-order valence-corrected chi connectivity index (χ0v) is 13.0. The summed E-state index contributed by atoms with van der Waals surface area (Å²) in [6.07, 6.45) is 4.98. The van der Waals surface area contributed by atoms with E-state index in [0.717, 1.165) is 19.6 Å². The molecule has 1 fully saturated rings. The van der Waals surface area contributed by atoms with Gasteiger partial charge in [0.25, 0.3) is 0 Å². The number of rotatable bonds is 1. The van der Waals surface area contributed by atoms with Crippen molar-refractivity contribution in [2.24, 2.45) is 5.92 Å². The molecule has 4 aliphatic rings. The summed E-state index contributed by atoms with van der Waals surface area (Å²) in [5.74, 6) is 0.572. The molecule has 3 unspecified atom stereocenters. The van der Waals surface area contributed by atoms with Crippen molar-refractivity contribution in [1.29, 1.82) is 0 Å². The van der Waals surface area contributed by atoms with Gasteiger partial charge in [0.15, 0.2) is 0 Å². The second-order valence-corrected chi connectivity index (χ2v) is 7.13. The standard InChI is InChI=1S/C16H22N2OS/c1-10-8-11-12-9-17-5-4-13(12)18-6-3-7-20-16(14(11)18)15(10)19-2/h3,7,10,13,15,17H,4-6,8-9H2,1-2H3. The van der Waals surface area contributed by atoms with Crippen LogP contribution in [0.4, 0.5) is 0 Å². The normalized spacial score (nSPS) is 36.1. The van der Waals surface area contributed by atoms with Crippen molar-refractivity contribution in [2.45, 2.75) is 31.9 Å². The van der Waals surface area contributed by atoms with E-state index in [4.69, 9.17) is 4.74 Å².